The Morgan fingerprint density at radius 3 is 1.73 bits per heavy atom. The lowest BCUT2D eigenvalue weighted by molar-refractivity contribution is -0.144. The summed E-state index contributed by atoms with van der Waals surface area (Å²) in [5.41, 5.74) is 18.2. The van der Waals surface area contributed by atoms with Crippen LogP contribution in [0, 0.1) is 0 Å². The number of likely N-dealkylation sites (tertiary alicyclic amines) is 2. The van der Waals surface area contributed by atoms with Gasteiger partial charge in [-0.2, -0.15) is 0 Å². The normalized spacial score (nSPS) is 19.5. The molecule has 64 heavy (non-hydrogen) atoms. The maximum Gasteiger partial charge on any atom is 0.326 e. The van der Waals surface area contributed by atoms with Crippen LogP contribution < -0.4 is 38.5 Å². The van der Waals surface area contributed by atoms with Crippen LogP contribution in [0.3, 0.4) is 0 Å². The number of hydrogen-bond acceptors (Lipinski definition) is 14. The van der Waals surface area contributed by atoms with E-state index in [1.165, 1.54) is 53.4 Å². The van der Waals surface area contributed by atoms with Gasteiger partial charge in [0, 0.05) is 32.4 Å². The minimum Gasteiger partial charge on any atom is -0.508 e. The number of hydrogen-bond donors (Lipinski definition) is 12. The lowest BCUT2D eigenvalue weighted by Crippen LogP contribution is -2.60. The molecule has 0 saturated carbocycles. The molecule has 2 aliphatic rings. The fraction of sp³-hybridized carbons (Fsp3) is 0.558. The molecule has 352 valence electrons. The third-order valence-electron chi connectivity index (χ3n) is 11.4. The van der Waals surface area contributed by atoms with E-state index in [2.05, 4.69) is 21.3 Å². The number of benzene rings is 2. The first-order valence-corrected chi connectivity index (χ1v) is 21.6. The average Bonchev–Trinajstić information content (AvgIpc) is 3.93. The molecule has 4 rings (SSSR count). The molecule has 2 aliphatic heterocycles. The van der Waals surface area contributed by atoms with E-state index < -0.39 is 96.4 Å². The molecule has 2 aromatic carbocycles. The van der Waals surface area contributed by atoms with Crippen LogP contribution >= 0.6 is 0 Å². The Labute approximate surface area is 371 Å². The molecular weight excluding hydrogens is 835 g/mol. The molecule has 2 fully saturated rings. The number of nitrogens with one attached hydrogen (secondary N) is 4. The van der Waals surface area contributed by atoms with Gasteiger partial charge in [-0.1, -0.05) is 30.7 Å². The number of aromatic hydroxyl groups is 2. The van der Waals surface area contributed by atoms with Crippen LogP contribution in [0.1, 0.15) is 68.9 Å². The van der Waals surface area contributed by atoms with Gasteiger partial charge < -0.3 is 73.8 Å². The number of aliphatic hydroxyl groups is 2. The van der Waals surface area contributed by atoms with Crippen LogP contribution in [0.25, 0.3) is 0 Å². The van der Waals surface area contributed by atoms with Crippen molar-refractivity contribution >= 4 is 41.4 Å². The number of aliphatic carboxylic acids is 1. The van der Waals surface area contributed by atoms with Crippen LogP contribution in [-0.2, 0) is 46.4 Å². The molecule has 15 N–H and O–H groups in total. The molecule has 0 aliphatic carbocycles. The Balaban J connectivity index is 1.55. The fourth-order valence-electron chi connectivity index (χ4n) is 7.82. The number of carbonyl (C=O) groups excluding carboxylic acids is 6. The highest BCUT2D eigenvalue weighted by atomic mass is 16.4. The zero-order valence-corrected chi connectivity index (χ0v) is 35.8. The van der Waals surface area contributed by atoms with Crippen molar-refractivity contribution in [3.63, 3.8) is 0 Å². The highest BCUT2D eigenvalue weighted by Gasteiger charge is 2.44. The summed E-state index contributed by atoms with van der Waals surface area (Å²) in [6.07, 6.45) is 1.56. The summed E-state index contributed by atoms with van der Waals surface area (Å²) in [5, 5.41) is 60.8. The summed E-state index contributed by atoms with van der Waals surface area (Å²) >= 11 is 0. The van der Waals surface area contributed by atoms with Crippen molar-refractivity contribution < 1.29 is 59.1 Å². The lowest BCUT2D eigenvalue weighted by Gasteiger charge is -2.31. The quantitative estimate of drug-likeness (QED) is 0.0482. The summed E-state index contributed by atoms with van der Waals surface area (Å²) < 4.78 is 0. The van der Waals surface area contributed by atoms with E-state index in [0.29, 0.717) is 62.7 Å². The number of rotatable bonds is 24. The van der Waals surface area contributed by atoms with E-state index >= 15 is 0 Å². The van der Waals surface area contributed by atoms with Gasteiger partial charge in [-0.15, -0.1) is 0 Å². The number of β-amino-alcohol motifs (C(OH)–C–C–N with tert-alkyl or cyclic N) is 1. The third-order valence-corrected chi connectivity index (χ3v) is 11.4. The zero-order chi connectivity index (χ0) is 46.9. The van der Waals surface area contributed by atoms with Gasteiger partial charge in [0.05, 0.1) is 18.8 Å². The first-order chi connectivity index (χ1) is 30.6. The molecule has 6 amide bonds. The Morgan fingerprint density at radius 2 is 1.17 bits per heavy atom. The molecular formula is C43H63N9O12. The van der Waals surface area contributed by atoms with Gasteiger partial charge in [-0.25, -0.2) is 4.79 Å². The Kier molecular flexibility index (Phi) is 19.7. The Morgan fingerprint density at radius 1 is 0.656 bits per heavy atom. The topological polar surface area (TPSA) is 353 Å². The zero-order valence-electron chi connectivity index (χ0n) is 35.8. The van der Waals surface area contributed by atoms with Gasteiger partial charge in [0.1, 0.15) is 47.8 Å². The van der Waals surface area contributed by atoms with E-state index in [1.807, 2.05) is 0 Å². The molecule has 0 unspecified atom stereocenters. The van der Waals surface area contributed by atoms with Crippen LogP contribution in [0.5, 0.6) is 11.5 Å². The van der Waals surface area contributed by atoms with Crippen molar-refractivity contribution in [2.45, 2.75) is 119 Å². The predicted molar refractivity (Wildman–Crippen MR) is 231 cm³/mol. The van der Waals surface area contributed by atoms with Crippen molar-refractivity contribution in [1.82, 2.24) is 31.1 Å². The van der Waals surface area contributed by atoms with Gasteiger partial charge in [0.2, 0.25) is 35.4 Å². The van der Waals surface area contributed by atoms with Crippen molar-refractivity contribution in [3.8, 4) is 11.5 Å². The molecule has 8 atom stereocenters. The second kappa shape index (κ2) is 24.8. The van der Waals surface area contributed by atoms with E-state index in [1.54, 1.807) is 0 Å². The van der Waals surface area contributed by atoms with Crippen molar-refractivity contribution in [1.29, 1.82) is 0 Å². The predicted octanol–water partition coefficient (Wildman–Crippen LogP) is -2.56. The number of carbonyl (C=O) groups is 7. The van der Waals surface area contributed by atoms with E-state index in [0.717, 1.165) is 4.90 Å². The number of phenols is 2. The average molecular weight is 898 g/mol. The smallest absolute Gasteiger partial charge is 0.326 e. The number of nitrogens with zero attached hydrogens (tertiary/aromatic N) is 2. The number of unbranched alkanes of at least 4 members (excludes halogenated alkanes) is 2. The van der Waals surface area contributed by atoms with Gasteiger partial charge in [0.15, 0.2) is 0 Å². The Bertz CT molecular complexity index is 1900. The highest BCUT2D eigenvalue weighted by molar-refractivity contribution is 5.97. The van der Waals surface area contributed by atoms with E-state index in [-0.39, 0.29) is 56.7 Å². The molecule has 21 heteroatoms. The maximum atomic E-state index is 14.5. The van der Waals surface area contributed by atoms with Crippen molar-refractivity contribution in [2.75, 3.05) is 32.8 Å². The summed E-state index contributed by atoms with van der Waals surface area (Å²) in [4.78, 5) is 97.3. The second-order valence-corrected chi connectivity index (χ2v) is 16.3. The van der Waals surface area contributed by atoms with E-state index in [4.69, 9.17) is 17.2 Å². The van der Waals surface area contributed by atoms with Crippen LogP contribution in [0.15, 0.2) is 48.5 Å². The fourth-order valence-corrected chi connectivity index (χ4v) is 7.82. The van der Waals surface area contributed by atoms with Crippen LogP contribution in [0.2, 0.25) is 0 Å². The monoisotopic (exact) mass is 897 g/mol. The summed E-state index contributed by atoms with van der Waals surface area (Å²) in [7, 11) is 0. The summed E-state index contributed by atoms with van der Waals surface area (Å²) in [6.45, 7) is -0.247. The summed E-state index contributed by atoms with van der Waals surface area (Å²) in [5.74, 6) is -6.12. The minimum atomic E-state index is -1.59. The molecule has 0 spiro atoms. The molecule has 2 saturated heterocycles. The van der Waals surface area contributed by atoms with Crippen LogP contribution in [-0.4, -0.2) is 158 Å². The molecule has 0 bridgehead atoms. The second-order valence-electron chi connectivity index (χ2n) is 16.3. The van der Waals surface area contributed by atoms with Crippen molar-refractivity contribution in [3.05, 3.63) is 59.7 Å². The maximum absolute atomic E-state index is 14.5. The molecule has 21 nitrogen and oxygen atoms in total. The number of amides is 6. The van der Waals surface area contributed by atoms with Gasteiger partial charge >= 0.3 is 5.97 Å². The first kappa shape index (κ1) is 50.8. The molecule has 2 heterocycles. The first-order valence-electron chi connectivity index (χ1n) is 21.6. The Hall–Kier alpha value is -5.87. The number of nitrogens with two attached hydrogens (primary N) is 3. The largest absolute Gasteiger partial charge is 0.508 e. The van der Waals surface area contributed by atoms with E-state index in [9.17, 15) is 59.1 Å². The standard InChI is InChI=1S/C43H63N9O12/c44-17-3-1-6-30(46)41(61)51-19-5-8-35(51)39(59)50-34(24-53)38(58)49-33(21-26-11-15-28(55)16-12-26)42(62)52-23-29(56)22-36(52)40(60)48-32(20-25-9-13-27(54)14-10-25)37(57)47-31(43(63)64)7-2-4-18-45/h9-16,29-36,53-56H,1-8,17-24,44-46H2,(H,47,57)(H,48,60)(H,49,58)(H,50,59)(H,63,64)/t29-,30+,31+,32+,33+,34+,35+,36+/m1/s1. The number of carboxylic acids is 1. The lowest BCUT2D eigenvalue weighted by atomic mass is 10.0. The molecule has 2 aromatic rings. The molecule has 0 radical (unpaired) electrons. The van der Waals surface area contributed by atoms with Gasteiger partial charge in [0.25, 0.3) is 0 Å². The van der Waals surface area contributed by atoms with Gasteiger partial charge in [-0.3, -0.25) is 28.8 Å². The number of carboxylic acid groups (broad SMARTS) is 1. The third kappa shape index (κ3) is 14.6. The minimum absolute atomic E-state index is 0.0576. The number of aliphatic hydroxyl groups excluding tert-OH is 2. The summed E-state index contributed by atoms with van der Waals surface area (Å²) in [6, 6.07) is 2.49. The van der Waals surface area contributed by atoms with Crippen LogP contribution in [0.4, 0.5) is 0 Å². The van der Waals surface area contributed by atoms with Crippen molar-refractivity contribution in [2.24, 2.45) is 17.2 Å². The molecule has 0 aromatic heterocycles. The van der Waals surface area contributed by atoms with Gasteiger partial charge in [-0.05, 0) is 93.4 Å². The number of phenolic OH excluding ortho intramolecular Hbond substituents is 2. The SMILES string of the molecule is NCCCC[C@H](NC(=O)[C@H](Cc1ccc(O)cc1)NC(=O)[C@@H]1C[C@@H](O)CN1C(=O)[C@H](Cc1ccc(O)cc1)NC(=O)[C@H](CO)NC(=O)[C@@H]1CCCN1C(=O)[C@@H](N)CCCCN)C(=O)O. The highest BCUT2D eigenvalue weighted by Crippen LogP contribution is 2.23.